The Morgan fingerprint density at radius 3 is 2.74 bits per heavy atom. The number of rotatable bonds is 5. The van der Waals surface area contributed by atoms with E-state index in [-0.39, 0.29) is 42.2 Å². The van der Waals surface area contributed by atoms with E-state index in [0.717, 1.165) is 12.8 Å². The molecule has 9 heteroatoms. The van der Waals surface area contributed by atoms with Crippen molar-refractivity contribution < 1.29 is 23.1 Å². The van der Waals surface area contributed by atoms with E-state index in [4.69, 9.17) is 4.74 Å². The maximum absolute atomic E-state index is 13.6. The molecule has 35 heavy (non-hydrogen) atoms. The normalized spacial score (nSPS) is 22.4. The summed E-state index contributed by atoms with van der Waals surface area (Å²) in [5, 5.41) is 9.78. The van der Waals surface area contributed by atoms with E-state index in [0.29, 0.717) is 17.2 Å². The number of hydrogen-bond donors (Lipinski definition) is 1. The fraction of sp³-hybridized carbons (Fsp3) is 0.462. The molecular formula is C26H31N3O5S. The molecule has 1 N–H and O–H groups in total. The smallest absolute Gasteiger partial charge is 0.272 e. The molecule has 2 heterocycles. The highest BCUT2D eigenvalue weighted by atomic mass is 32.2. The summed E-state index contributed by atoms with van der Waals surface area (Å²) in [4.78, 5) is 18.6. The van der Waals surface area contributed by atoms with Gasteiger partial charge in [0.25, 0.3) is 5.91 Å². The van der Waals surface area contributed by atoms with Gasteiger partial charge in [0.15, 0.2) is 0 Å². The van der Waals surface area contributed by atoms with Crippen LogP contribution in [-0.4, -0.2) is 72.5 Å². The quantitative estimate of drug-likeness (QED) is 0.637. The molecule has 0 radical (unpaired) electrons. The topological polar surface area (TPSA) is 100 Å². The minimum absolute atomic E-state index is 0.0328. The maximum atomic E-state index is 13.6. The SMILES string of the molecule is C[C@H]1CN([C@@H](C)CO)S(=O)(=O)c2ccc(C#CC3CC3)cc2O[C@@H]1CN(C)C(=O)c1ccccn1. The Morgan fingerprint density at radius 2 is 2.09 bits per heavy atom. The molecule has 4 rings (SSSR count). The van der Waals surface area contributed by atoms with E-state index in [1.807, 2.05) is 6.92 Å². The Bertz CT molecular complexity index is 1230. The van der Waals surface area contributed by atoms with Crippen LogP contribution in [0.3, 0.4) is 0 Å². The first-order valence-electron chi connectivity index (χ1n) is 11.8. The molecule has 1 aliphatic heterocycles. The van der Waals surface area contributed by atoms with Gasteiger partial charge in [0, 0.05) is 43.2 Å². The third-order valence-corrected chi connectivity index (χ3v) is 8.37. The fourth-order valence-electron chi connectivity index (χ4n) is 3.97. The lowest BCUT2D eigenvalue weighted by atomic mass is 10.0. The number of aliphatic hydroxyl groups is 1. The summed E-state index contributed by atoms with van der Waals surface area (Å²) in [6.45, 7) is 3.62. The summed E-state index contributed by atoms with van der Waals surface area (Å²) < 4.78 is 34.8. The summed E-state index contributed by atoms with van der Waals surface area (Å²) in [7, 11) is -2.25. The molecule has 0 spiro atoms. The number of fused-ring (bicyclic) bond motifs is 1. The number of aromatic nitrogens is 1. The number of carbonyl (C=O) groups is 1. The molecule has 1 aromatic carbocycles. The number of likely N-dealkylation sites (N-methyl/N-ethyl adjacent to an activating group) is 1. The van der Waals surface area contributed by atoms with E-state index < -0.39 is 22.2 Å². The molecular weight excluding hydrogens is 466 g/mol. The van der Waals surface area contributed by atoms with Crippen molar-refractivity contribution in [2.75, 3.05) is 26.7 Å². The van der Waals surface area contributed by atoms with Gasteiger partial charge in [0.05, 0.1) is 13.2 Å². The van der Waals surface area contributed by atoms with Crippen molar-refractivity contribution in [3.05, 3.63) is 53.9 Å². The average molecular weight is 498 g/mol. The van der Waals surface area contributed by atoms with Crippen LogP contribution in [0.1, 0.15) is 42.7 Å². The van der Waals surface area contributed by atoms with E-state index in [1.54, 1.807) is 50.5 Å². The van der Waals surface area contributed by atoms with Crippen LogP contribution in [0, 0.1) is 23.7 Å². The number of carbonyl (C=O) groups excluding carboxylic acids is 1. The Balaban J connectivity index is 1.69. The molecule has 1 saturated carbocycles. The molecule has 1 aliphatic carbocycles. The molecule has 1 fully saturated rings. The molecule has 0 unspecified atom stereocenters. The van der Waals surface area contributed by atoms with E-state index in [1.165, 1.54) is 15.3 Å². The zero-order valence-corrected chi connectivity index (χ0v) is 21.0. The van der Waals surface area contributed by atoms with Crippen LogP contribution >= 0.6 is 0 Å². The number of nitrogens with zero attached hydrogens (tertiary/aromatic N) is 3. The van der Waals surface area contributed by atoms with E-state index >= 15 is 0 Å². The van der Waals surface area contributed by atoms with Crippen molar-refractivity contribution in [1.82, 2.24) is 14.2 Å². The highest BCUT2D eigenvalue weighted by molar-refractivity contribution is 7.89. The van der Waals surface area contributed by atoms with Crippen molar-refractivity contribution in [1.29, 1.82) is 0 Å². The zero-order chi connectivity index (χ0) is 25.2. The van der Waals surface area contributed by atoms with Crippen molar-refractivity contribution >= 4 is 15.9 Å². The van der Waals surface area contributed by atoms with Gasteiger partial charge in [0.1, 0.15) is 22.4 Å². The first kappa shape index (κ1) is 25.2. The van der Waals surface area contributed by atoms with Crippen LogP contribution < -0.4 is 4.74 Å². The van der Waals surface area contributed by atoms with Crippen LogP contribution in [0.5, 0.6) is 5.75 Å². The standard InChI is InChI=1S/C26H31N3O5S/c1-18-15-29(19(2)17-30)35(32,33)25-12-11-21(10-9-20-7-8-20)14-23(25)34-24(18)16-28(3)26(31)22-6-4-5-13-27-22/h4-6,11-14,18-20,24,30H,7-8,15-17H2,1-3H3/t18-,19-,24+/m0/s1. The highest BCUT2D eigenvalue weighted by Gasteiger charge is 2.38. The van der Waals surface area contributed by atoms with Crippen LogP contribution in [0.2, 0.25) is 0 Å². The largest absolute Gasteiger partial charge is 0.487 e. The van der Waals surface area contributed by atoms with Gasteiger partial charge < -0.3 is 14.7 Å². The van der Waals surface area contributed by atoms with Gasteiger partial charge in [-0.1, -0.05) is 24.8 Å². The molecule has 0 saturated heterocycles. The molecule has 3 atom stereocenters. The summed E-state index contributed by atoms with van der Waals surface area (Å²) in [6, 6.07) is 9.41. The van der Waals surface area contributed by atoms with E-state index in [2.05, 4.69) is 16.8 Å². The Morgan fingerprint density at radius 1 is 1.31 bits per heavy atom. The Kier molecular flexibility index (Phi) is 7.45. The minimum Gasteiger partial charge on any atom is -0.487 e. The predicted molar refractivity (Wildman–Crippen MR) is 131 cm³/mol. The lowest BCUT2D eigenvalue weighted by Crippen LogP contribution is -2.50. The van der Waals surface area contributed by atoms with Crippen LogP contribution in [-0.2, 0) is 10.0 Å². The third-order valence-electron chi connectivity index (χ3n) is 6.35. The number of aliphatic hydroxyl groups excluding tert-OH is 1. The Labute approximate surface area is 207 Å². The molecule has 8 nitrogen and oxygen atoms in total. The van der Waals surface area contributed by atoms with Gasteiger partial charge in [-0.05, 0) is 50.1 Å². The molecule has 1 aromatic heterocycles. The van der Waals surface area contributed by atoms with Crippen molar-refractivity contribution in [3.63, 3.8) is 0 Å². The molecule has 2 aliphatic rings. The first-order chi connectivity index (χ1) is 16.7. The van der Waals surface area contributed by atoms with Crippen LogP contribution in [0.4, 0.5) is 0 Å². The second-order valence-corrected chi connectivity index (χ2v) is 11.2. The third kappa shape index (κ3) is 5.67. The number of hydrogen-bond acceptors (Lipinski definition) is 6. The van der Waals surface area contributed by atoms with Crippen LogP contribution in [0.15, 0.2) is 47.5 Å². The second-order valence-electron chi connectivity index (χ2n) is 9.35. The molecule has 186 valence electrons. The van der Waals surface area contributed by atoms with Gasteiger partial charge >= 0.3 is 0 Å². The summed E-state index contributed by atoms with van der Waals surface area (Å²) in [5.74, 6) is 6.40. The van der Waals surface area contributed by atoms with Gasteiger partial charge in [-0.25, -0.2) is 8.42 Å². The average Bonchev–Trinajstić information content (AvgIpc) is 3.69. The van der Waals surface area contributed by atoms with Gasteiger partial charge in [-0.3, -0.25) is 9.78 Å². The molecule has 1 amide bonds. The van der Waals surface area contributed by atoms with E-state index in [9.17, 15) is 18.3 Å². The number of pyridine rings is 1. The summed E-state index contributed by atoms with van der Waals surface area (Å²) in [5.41, 5.74) is 1.00. The van der Waals surface area contributed by atoms with Crippen molar-refractivity contribution in [2.45, 2.75) is 43.7 Å². The number of amides is 1. The van der Waals surface area contributed by atoms with Crippen molar-refractivity contribution in [3.8, 4) is 17.6 Å². The highest BCUT2D eigenvalue weighted by Crippen LogP contribution is 2.34. The summed E-state index contributed by atoms with van der Waals surface area (Å²) in [6.07, 6.45) is 3.25. The van der Waals surface area contributed by atoms with Crippen molar-refractivity contribution in [2.24, 2.45) is 11.8 Å². The lowest BCUT2D eigenvalue weighted by Gasteiger charge is -2.37. The van der Waals surface area contributed by atoms with Gasteiger partial charge in [0.2, 0.25) is 10.0 Å². The number of benzene rings is 1. The number of ether oxygens (including phenoxy) is 1. The minimum atomic E-state index is -3.92. The fourth-order valence-corrected chi connectivity index (χ4v) is 5.80. The zero-order valence-electron chi connectivity index (χ0n) is 20.2. The maximum Gasteiger partial charge on any atom is 0.272 e. The Hall–Kier alpha value is -2.93. The monoisotopic (exact) mass is 497 g/mol. The second kappa shape index (κ2) is 10.4. The number of sulfonamides is 1. The molecule has 0 bridgehead atoms. The lowest BCUT2D eigenvalue weighted by molar-refractivity contribution is 0.0559. The van der Waals surface area contributed by atoms with Gasteiger partial charge in [-0.15, -0.1) is 0 Å². The first-order valence-corrected chi connectivity index (χ1v) is 13.3. The summed E-state index contributed by atoms with van der Waals surface area (Å²) >= 11 is 0. The van der Waals surface area contributed by atoms with Gasteiger partial charge in [-0.2, -0.15) is 4.31 Å². The predicted octanol–water partition coefficient (Wildman–Crippen LogP) is 2.38. The van der Waals surface area contributed by atoms with Crippen LogP contribution in [0.25, 0.3) is 0 Å². The molecule has 2 aromatic rings.